The van der Waals surface area contributed by atoms with Crippen molar-refractivity contribution in [1.82, 2.24) is 0 Å². The molecule has 2 radical (unpaired) electrons. The zero-order valence-corrected chi connectivity index (χ0v) is 10.5. The molecule has 0 spiro atoms. The van der Waals surface area contributed by atoms with Crippen LogP contribution in [0.15, 0.2) is 24.3 Å². The second-order valence-electron chi connectivity index (χ2n) is 1.45. The van der Waals surface area contributed by atoms with Gasteiger partial charge >= 0.3 is 80.8 Å². The van der Waals surface area contributed by atoms with E-state index in [0.29, 0.717) is 0 Å². The average Bonchev–Trinajstić information content (AvgIpc) is 1.77. The van der Waals surface area contributed by atoms with E-state index in [1.54, 1.807) is 50.1 Å². The molecule has 0 atom stereocenters. The van der Waals surface area contributed by atoms with Gasteiger partial charge in [0.05, 0.1) is 0 Å². The van der Waals surface area contributed by atoms with Gasteiger partial charge < -0.3 is 0 Å². The Bertz CT molecular complexity index is 163. The van der Waals surface area contributed by atoms with Crippen LogP contribution in [0.4, 0.5) is 0 Å². The Morgan fingerprint density at radius 2 is 1.25 bits per heavy atom. The third-order valence-electron chi connectivity index (χ3n) is 0.849. The number of benzene rings is 1. The molecule has 0 N–H and O–H groups in total. The van der Waals surface area contributed by atoms with Crippen LogP contribution in [0, 0.1) is 0 Å². The molecule has 40 valence electrons. The molecule has 0 bridgehead atoms. The van der Waals surface area contributed by atoms with Crippen molar-refractivity contribution in [2.75, 3.05) is 0 Å². The van der Waals surface area contributed by atoms with Gasteiger partial charge in [0.25, 0.3) is 0 Å². The Kier molecular flexibility index (Phi) is 2.89. The SMILES string of the molecule is [Po][c]1cccc[c]1[Po]. The van der Waals surface area contributed by atoms with Crippen molar-refractivity contribution in [3.63, 3.8) is 0 Å². The van der Waals surface area contributed by atoms with Crippen LogP contribution in [0.25, 0.3) is 0 Å². The molecule has 0 aliphatic heterocycles. The molecule has 2 heteroatoms. The van der Waals surface area contributed by atoms with Crippen molar-refractivity contribution in [2.45, 2.75) is 0 Å². The zero-order valence-electron chi connectivity index (χ0n) is 4.13. The monoisotopic (exact) mass is 494 g/mol. The van der Waals surface area contributed by atoms with Crippen molar-refractivity contribution in [1.29, 1.82) is 0 Å². The minimum atomic E-state index is 1.49. The van der Waals surface area contributed by atoms with Crippen molar-refractivity contribution in [3.05, 3.63) is 24.3 Å². The molecule has 8 heavy (non-hydrogen) atoms. The zero-order chi connectivity index (χ0) is 5.98. The first-order chi connectivity index (χ1) is 3.80. The van der Waals surface area contributed by atoms with Gasteiger partial charge in [0, 0.05) is 0 Å². The van der Waals surface area contributed by atoms with Gasteiger partial charge in [-0.3, -0.25) is 0 Å². The first kappa shape index (κ1) is 7.12. The Morgan fingerprint density at radius 1 is 0.875 bits per heavy atom. The topological polar surface area (TPSA) is 0 Å². The predicted molar refractivity (Wildman–Crippen MR) is 37.2 cm³/mol. The summed E-state index contributed by atoms with van der Waals surface area (Å²) in [6.45, 7) is 0. The van der Waals surface area contributed by atoms with E-state index in [2.05, 4.69) is 24.3 Å². The summed E-state index contributed by atoms with van der Waals surface area (Å²) >= 11 is 3.15. The molecule has 0 nitrogen and oxygen atoms in total. The molecule has 0 heterocycles. The molecule has 0 aromatic heterocycles. The van der Waals surface area contributed by atoms with E-state index in [-0.39, 0.29) is 0 Å². The minimum absolute atomic E-state index is 1.49. The summed E-state index contributed by atoms with van der Waals surface area (Å²) in [5.74, 6) is 0. The Hall–Kier alpha value is 1.01. The fourth-order valence-electron chi connectivity index (χ4n) is 0.450. The molecule has 0 aliphatic carbocycles. The van der Waals surface area contributed by atoms with E-state index in [9.17, 15) is 0 Å². The van der Waals surface area contributed by atoms with Crippen LogP contribution in [-0.2, 0) is 0 Å². The van der Waals surface area contributed by atoms with Crippen molar-refractivity contribution < 1.29 is 0 Å². The summed E-state index contributed by atoms with van der Waals surface area (Å²) in [7, 11) is 0. The summed E-state index contributed by atoms with van der Waals surface area (Å²) in [4.78, 5) is 0. The molecule has 1 aromatic carbocycles. The fourth-order valence-corrected chi connectivity index (χ4v) is 1.59. The maximum atomic E-state index is 2.18. The van der Waals surface area contributed by atoms with Crippen molar-refractivity contribution in [2.24, 2.45) is 0 Å². The van der Waals surface area contributed by atoms with Crippen LogP contribution in [0.2, 0.25) is 0 Å². The van der Waals surface area contributed by atoms with Crippen molar-refractivity contribution >= 4 is 56.6 Å². The van der Waals surface area contributed by atoms with Gasteiger partial charge in [0.15, 0.2) is 0 Å². The summed E-state index contributed by atoms with van der Waals surface area (Å²) in [5, 5.41) is 0. The second kappa shape index (κ2) is 3.25. The van der Waals surface area contributed by atoms with Gasteiger partial charge in [-0.2, -0.15) is 0 Å². The van der Waals surface area contributed by atoms with Crippen LogP contribution in [0.5, 0.6) is 0 Å². The second-order valence-corrected chi connectivity index (χ2v) is 4.87. The van der Waals surface area contributed by atoms with Crippen LogP contribution in [-0.4, -0.2) is 50.1 Å². The molecule has 0 saturated carbocycles. The van der Waals surface area contributed by atoms with E-state index in [0.717, 1.165) is 0 Å². The van der Waals surface area contributed by atoms with Crippen LogP contribution >= 0.6 is 0 Å². The number of hydrogen-bond donors (Lipinski definition) is 0. The molecule has 0 fully saturated rings. The van der Waals surface area contributed by atoms with Crippen LogP contribution in [0.1, 0.15) is 0 Å². The third kappa shape index (κ3) is 1.76. The van der Waals surface area contributed by atoms with Crippen LogP contribution < -0.4 is 6.44 Å². The molecule has 1 aromatic rings. The Balaban J connectivity index is 3.13. The van der Waals surface area contributed by atoms with E-state index in [4.69, 9.17) is 0 Å². The Morgan fingerprint density at radius 3 is 1.50 bits per heavy atom. The molecule has 1 rings (SSSR count). The first-order valence-electron chi connectivity index (χ1n) is 2.24. The number of rotatable bonds is 0. The molecule has 0 saturated heterocycles. The van der Waals surface area contributed by atoms with Gasteiger partial charge in [-0.05, 0) is 0 Å². The molecule has 0 unspecified atom stereocenters. The van der Waals surface area contributed by atoms with E-state index in [1.165, 1.54) is 6.44 Å². The molecular formula is C6H4Po2. The van der Waals surface area contributed by atoms with Gasteiger partial charge in [0.1, 0.15) is 0 Å². The van der Waals surface area contributed by atoms with Gasteiger partial charge in [-0.15, -0.1) is 0 Å². The van der Waals surface area contributed by atoms with Gasteiger partial charge in [-0.25, -0.2) is 0 Å². The van der Waals surface area contributed by atoms with Gasteiger partial charge in [0.2, 0.25) is 0 Å². The number of hydrogen-bond acceptors (Lipinski definition) is 0. The third-order valence-corrected chi connectivity index (χ3v) is 5.99. The average molecular weight is 494 g/mol. The molecular weight excluding hydrogens is 490 g/mol. The van der Waals surface area contributed by atoms with Gasteiger partial charge in [-0.1, -0.05) is 0 Å². The summed E-state index contributed by atoms with van der Waals surface area (Å²) in [6.07, 6.45) is 0. The van der Waals surface area contributed by atoms with E-state index < -0.39 is 0 Å². The molecule has 0 aliphatic rings. The summed E-state index contributed by atoms with van der Waals surface area (Å²) in [5.41, 5.74) is 0. The fraction of sp³-hybridized carbons (Fsp3) is 0. The predicted octanol–water partition coefficient (Wildman–Crippen LogP) is -0.726. The standard InChI is InChI=1S/C6H4.2Po/c1-2-4-6-5-3-1;;/h1-4H;;. The van der Waals surface area contributed by atoms with Crippen molar-refractivity contribution in [3.8, 4) is 0 Å². The van der Waals surface area contributed by atoms with Crippen LogP contribution in [0.3, 0.4) is 0 Å². The molecule has 0 amide bonds. The maximum absolute atomic E-state index is 2.18. The van der Waals surface area contributed by atoms with E-state index >= 15 is 0 Å². The summed E-state index contributed by atoms with van der Waals surface area (Å²) in [6, 6.07) is 8.54. The summed E-state index contributed by atoms with van der Waals surface area (Å²) < 4.78 is 2.98. The normalized spacial score (nSPS) is 9.00. The first-order valence-corrected chi connectivity index (χ1v) is 5.41. The quantitative estimate of drug-likeness (QED) is 0.447. The van der Waals surface area contributed by atoms with E-state index in [1.807, 2.05) is 0 Å². The Labute approximate surface area is 79.9 Å².